The van der Waals surface area contributed by atoms with Gasteiger partial charge in [0, 0.05) is 11.3 Å². The molecule has 0 aliphatic carbocycles. The number of hydrogen-bond donors (Lipinski definition) is 1. The lowest BCUT2D eigenvalue weighted by Gasteiger charge is -2.18. The topological polar surface area (TPSA) is 72.5 Å². The van der Waals surface area contributed by atoms with Gasteiger partial charge in [-0.1, -0.05) is 12.1 Å². The highest BCUT2D eigenvalue weighted by molar-refractivity contribution is 8.43. The maximum Gasteiger partial charge on any atom is 0.223 e. The summed E-state index contributed by atoms with van der Waals surface area (Å²) in [5.41, 5.74) is 6.49. The number of nitrogens with two attached hydrogens (primary N) is 1. The minimum absolute atomic E-state index is 0.236. The molecule has 4 nitrogen and oxygen atoms in total. The number of nitrogens with zero attached hydrogens (tertiary/aromatic N) is 1. The van der Waals surface area contributed by atoms with Crippen molar-refractivity contribution in [1.82, 2.24) is 0 Å². The molecule has 1 aromatic rings. The molecule has 5 heteroatoms. The van der Waals surface area contributed by atoms with Gasteiger partial charge in [-0.25, -0.2) is 0 Å². The summed E-state index contributed by atoms with van der Waals surface area (Å²) in [6.45, 7) is 0. The van der Waals surface area contributed by atoms with E-state index in [9.17, 15) is 9.70 Å². The van der Waals surface area contributed by atoms with Crippen molar-refractivity contribution >= 4 is 21.0 Å². The standard InChI is InChI=1S/C9H12N2O2S/c1-14(2,11-13)9(12)7-4-3-5-8(10)6-7/h3-6H,10H2,1-2H3. The van der Waals surface area contributed by atoms with Gasteiger partial charge in [0.15, 0.2) is 0 Å². The van der Waals surface area contributed by atoms with Crippen molar-refractivity contribution in [3.63, 3.8) is 0 Å². The molecule has 1 aromatic carbocycles. The summed E-state index contributed by atoms with van der Waals surface area (Å²) in [5.74, 6) is 0. The van der Waals surface area contributed by atoms with Crippen molar-refractivity contribution in [1.29, 1.82) is 0 Å². The highest BCUT2D eigenvalue weighted by Crippen LogP contribution is 2.44. The smallest absolute Gasteiger partial charge is 0.223 e. The highest BCUT2D eigenvalue weighted by Gasteiger charge is 2.24. The fourth-order valence-electron chi connectivity index (χ4n) is 0.988. The third-order valence-corrected chi connectivity index (χ3v) is 3.28. The summed E-state index contributed by atoms with van der Waals surface area (Å²) in [5, 5.41) is -0.236. The van der Waals surface area contributed by atoms with Gasteiger partial charge in [0.2, 0.25) is 5.12 Å². The number of nitroso groups, excluding NO2 is 1. The van der Waals surface area contributed by atoms with Crippen molar-refractivity contribution in [3.8, 4) is 0 Å². The average Bonchev–Trinajstić information content (AvgIpc) is 2.16. The quantitative estimate of drug-likeness (QED) is 0.603. The number of anilines is 1. The molecule has 0 saturated heterocycles. The Morgan fingerprint density at radius 2 is 2.07 bits per heavy atom. The Morgan fingerprint density at radius 1 is 1.43 bits per heavy atom. The normalized spacial score (nSPS) is 12.1. The lowest BCUT2D eigenvalue weighted by Crippen LogP contribution is -2.07. The van der Waals surface area contributed by atoms with E-state index in [-0.39, 0.29) is 5.12 Å². The molecular formula is C9H12N2O2S. The summed E-state index contributed by atoms with van der Waals surface area (Å²) in [4.78, 5) is 22.2. The van der Waals surface area contributed by atoms with Crippen LogP contribution in [0, 0.1) is 4.91 Å². The first kappa shape index (κ1) is 10.7. The SMILES string of the molecule is CS(C)(N=O)C(=O)c1cccc(N)c1. The van der Waals surface area contributed by atoms with Gasteiger partial charge in [0.1, 0.15) is 0 Å². The predicted molar refractivity (Wildman–Crippen MR) is 60.4 cm³/mol. The fraction of sp³-hybridized carbons (Fsp3) is 0.222. The molecule has 0 atom stereocenters. The van der Waals surface area contributed by atoms with E-state index in [2.05, 4.69) is 4.58 Å². The number of hydrogen-bond acceptors (Lipinski definition) is 4. The minimum atomic E-state index is -2.09. The fourth-order valence-corrected chi connectivity index (χ4v) is 1.76. The first-order valence-corrected chi connectivity index (χ1v) is 6.36. The monoisotopic (exact) mass is 212 g/mol. The second-order valence-electron chi connectivity index (χ2n) is 3.26. The molecule has 2 N–H and O–H groups in total. The summed E-state index contributed by atoms with van der Waals surface area (Å²) < 4.78 is 2.87. The largest absolute Gasteiger partial charge is 0.399 e. The van der Waals surface area contributed by atoms with E-state index in [1.165, 1.54) is 0 Å². The number of nitrogen functional groups attached to an aromatic ring is 1. The number of rotatable bonds is 2. The molecule has 0 radical (unpaired) electrons. The van der Waals surface area contributed by atoms with Crippen LogP contribution in [0.2, 0.25) is 0 Å². The van der Waals surface area contributed by atoms with Crippen LogP contribution >= 0.6 is 10.2 Å². The van der Waals surface area contributed by atoms with E-state index in [0.717, 1.165) is 0 Å². The Balaban J connectivity index is 3.07. The second kappa shape index (κ2) is 3.79. The average molecular weight is 212 g/mol. The van der Waals surface area contributed by atoms with Crippen LogP contribution in [-0.2, 0) is 0 Å². The van der Waals surface area contributed by atoms with Crippen molar-refractivity contribution in [3.05, 3.63) is 34.7 Å². The number of benzene rings is 1. The van der Waals surface area contributed by atoms with E-state index in [0.29, 0.717) is 11.3 Å². The molecule has 0 bridgehead atoms. The van der Waals surface area contributed by atoms with Gasteiger partial charge in [-0.05, 0) is 39.4 Å². The van der Waals surface area contributed by atoms with Crippen LogP contribution in [0.15, 0.2) is 28.8 Å². The van der Waals surface area contributed by atoms with Crippen LogP contribution < -0.4 is 5.73 Å². The zero-order valence-corrected chi connectivity index (χ0v) is 8.88. The molecule has 0 aromatic heterocycles. The van der Waals surface area contributed by atoms with E-state index in [1.807, 2.05) is 0 Å². The molecule has 76 valence electrons. The van der Waals surface area contributed by atoms with Crippen LogP contribution in [0.25, 0.3) is 0 Å². The third kappa shape index (κ3) is 2.11. The minimum Gasteiger partial charge on any atom is -0.399 e. The number of carbonyl (C=O) groups is 1. The molecule has 14 heavy (non-hydrogen) atoms. The Labute approximate surface area is 83.9 Å². The summed E-state index contributed by atoms with van der Waals surface area (Å²) >= 11 is 0. The van der Waals surface area contributed by atoms with E-state index in [1.54, 1.807) is 36.8 Å². The molecule has 0 saturated carbocycles. The summed E-state index contributed by atoms with van der Waals surface area (Å²) in [7, 11) is -2.09. The molecule has 0 heterocycles. The van der Waals surface area contributed by atoms with Gasteiger partial charge >= 0.3 is 0 Å². The Morgan fingerprint density at radius 3 is 2.57 bits per heavy atom. The maximum atomic E-state index is 11.7. The van der Waals surface area contributed by atoms with E-state index < -0.39 is 10.2 Å². The first-order chi connectivity index (χ1) is 6.47. The predicted octanol–water partition coefficient (Wildman–Crippen LogP) is 2.15. The molecule has 0 fully saturated rings. The zero-order chi connectivity index (χ0) is 10.8. The van der Waals surface area contributed by atoms with Gasteiger partial charge in [-0.2, -0.15) is 0 Å². The summed E-state index contributed by atoms with van der Waals surface area (Å²) in [6.07, 6.45) is 3.12. The van der Waals surface area contributed by atoms with Crippen LogP contribution in [0.5, 0.6) is 0 Å². The molecular weight excluding hydrogens is 200 g/mol. The summed E-state index contributed by atoms with van der Waals surface area (Å²) in [6, 6.07) is 6.57. The molecule has 0 aliphatic heterocycles. The highest BCUT2D eigenvalue weighted by atomic mass is 32.3. The van der Waals surface area contributed by atoms with Crippen LogP contribution in [0.1, 0.15) is 10.4 Å². The maximum absolute atomic E-state index is 11.7. The van der Waals surface area contributed by atoms with Crippen molar-refractivity contribution in [2.24, 2.45) is 4.58 Å². The van der Waals surface area contributed by atoms with Gasteiger partial charge in [-0.3, -0.25) is 4.79 Å². The van der Waals surface area contributed by atoms with E-state index in [4.69, 9.17) is 5.73 Å². The van der Waals surface area contributed by atoms with Gasteiger partial charge in [-0.15, -0.1) is 4.91 Å². The van der Waals surface area contributed by atoms with Gasteiger partial charge < -0.3 is 5.73 Å². The third-order valence-electron chi connectivity index (χ3n) is 1.76. The Bertz CT molecular complexity index is 377. The van der Waals surface area contributed by atoms with Gasteiger partial charge in [0.25, 0.3) is 0 Å². The zero-order valence-electron chi connectivity index (χ0n) is 8.06. The second-order valence-corrected chi connectivity index (χ2v) is 6.33. The van der Waals surface area contributed by atoms with Crippen molar-refractivity contribution in [2.45, 2.75) is 0 Å². The van der Waals surface area contributed by atoms with Crippen LogP contribution in [0.3, 0.4) is 0 Å². The first-order valence-electron chi connectivity index (χ1n) is 3.95. The molecule has 0 spiro atoms. The van der Waals surface area contributed by atoms with Crippen molar-refractivity contribution in [2.75, 3.05) is 18.2 Å². The van der Waals surface area contributed by atoms with Gasteiger partial charge in [0.05, 0.1) is 0 Å². The molecule has 1 rings (SSSR count). The van der Waals surface area contributed by atoms with E-state index >= 15 is 0 Å². The van der Waals surface area contributed by atoms with Crippen LogP contribution in [-0.4, -0.2) is 17.6 Å². The molecule has 0 aliphatic rings. The van der Waals surface area contributed by atoms with Crippen molar-refractivity contribution < 1.29 is 4.79 Å². The Hall–Kier alpha value is -1.36. The Kier molecular flexibility index (Phi) is 2.90. The molecule has 0 unspecified atom stereocenters. The lowest BCUT2D eigenvalue weighted by molar-refractivity contribution is 0.108. The van der Waals surface area contributed by atoms with Crippen LogP contribution in [0.4, 0.5) is 5.69 Å². The number of carbonyl (C=O) groups excluding carboxylic acids is 1. The lowest BCUT2D eigenvalue weighted by atomic mass is 10.2. The molecule has 0 amide bonds.